The molecular weight excluding hydrogens is 60.9 g/mol. The minimum absolute atomic E-state index is 0.412. The lowest BCUT2D eigenvalue weighted by molar-refractivity contribution is 0.761. The van der Waals surface area contributed by atoms with Gasteiger partial charge in [0, 0.05) is 0 Å². The fourth-order valence-corrected chi connectivity index (χ4v) is 0. The molecule has 0 aromatic rings. The maximum absolute atomic E-state index is 4.92. The highest BCUT2D eigenvalue weighted by Gasteiger charge is 1.67. The van der Waals surface area contributed by atoms with Gasteiger partial charge in [0.25, 0.3) is 0 Å². The summed E-state index contributed by atoms with van der Waals surface area (Å²) in [5.41, 5.74) is 0. The lowest BCUT2D eigenvalue weighted by Crippen LogP contribution is -2.17. The Kier molecular flexibility index (Phi) is 2.28. The molecule has 0 aliphatic carbocycles. The normalized spacial score (nSPS) is 9.60. The second-order valence-electron chi connectivity index (χ2n) is 1.32. The first kappa shape index (κ1) is 5.02. The molecule has 1 N–H and O–H groups in total. The average Bonchev–Trinajstić information content (AvgIpc) is 1.38. The molecular formula is C3H8BN-. The third-order valence-electron chi connectivity index (χ3n) is 0.333. The zero-order valence-corrected chi connectivity index (χ0v) is 3.65. The Labute approximate surface area is 34.2 Å². The van der Waals surface area contributed by atoms with Crippen molar-refractivity contribution in [2.45, 2.75) is 19.9 Å². The zero-order valence-electron chi connectivity index (χ0n) is 3.65. The Balaban J connectivity index is 2.54. The molecule has 0 spiro atoms. The number of hydrogen-bond donors (Lipinski definition) is 1. The van der Waals surface area contributed by atoms with Gasteiger partial charge in [0.05, 0.1) is 0 Å². The van der Waals surface area contributed by atoms with Gasteiger partial charge in [-0.05, 0) is 6.04 Å². The maximum atomic E-state index is 4.92. The molecule has 0 aliphatic rings. The minimum atomic E-state index is 0.412. The molecule has 29 valence electrons. The van der Waals surface area contributed by atoms with Crippen LogP contribution in [0.1, 0.15) is 13.8 Å². The van der Waals surface area contributed by atoms with Crippen LogP contribution in [-0.4, -0.2) is 14.0 Å². The first-order chi connectivity index (χ1) is 2.27. The fourth-order valence-electron chi connectivity index (χ4n) is 0. The summed E-state index contributed by atoms with van der Waals surface area (Å²) < 4.78 is 0. The summed E-state index contributed by atoms with van der Waals surface area (Å²) in [5, 5.41) is 2.53. The van der Waals surface area contributed by atoms with E-state index in [9.17, 15) is 0 Å². The highest BCUT2D eigenvalue weighted by Crippen LogP contribution is 1.66. The van der Waals surface area contributed by atoms with E-state index in [1.54, 1.807) is 0 Å². The van der Waals surface area contributed by atoms with Gasteiger partial charge in [-0.2, -0.15) is 0 Å². The van der Waals surface area contributed by atoms with Crippen LogP contribution in [0.15, 0.2) is 0 Å². The predicted octanol–water partition coefficient (Wildman–Crippen LogP) is 0.0679. The van der Waals surface area contributed by atoms with E-state index < -0.39 is 0 Å². The molecule has 0 aromatic heterocycles. The van der Waals surface area contributed by atoms with Crippen molar-refractivity contribution < 1.29 is 0 Å². The summed E-state index contributed by atoms with van der Waals surface area (Å²) in [5.74, 6) is 0. The van der Waals surface area contributed by atoms with Crippen LogP contribution in [0.25, 0.3) is 0 Å². The van der Waals surface area contributed by atoms with Crippen molar-refractivity contribution in [1.82, 2.24) is 5.23 Å². The van der Waals surface area contributed by atoms with Gasteiger partial charge in [-0.1, -0.05) is 13.8 Å². The van der Waals surface area contributed by atoms with E-state index in [0.29, 0.717) is 6.04 Å². The van der Waals surface area contributed by atoms with Crippen molar-refractivity contribution in [1.29, 1.82) is 0 Å². The summed E-state index contributed by atoms with van der Waals surface area (Å²) in [7, 11) is 4.92. The Morgan fingerprint density at radius 1 is 1.60 bits per heavy atom. The third kappa shape index (κ3) is 4.02. The Morgan fingerprint density at radius 3 is 1.80 bits per heavy atom. The standard InChI is InChI=1S/C3H8BN/c1-3(2)5-4/h3,5H,1-2H3/q-1. The molecule has 0 unspecified atom stereocenters. The largest absolute Gasteiger partial charge is 0.591 e. The summed E-state index contributed by atoms with van der Waals surface area (Å²) in [6.07, 6.45) is 0. The molecule has 0 bridgehead atoms. The van der Waals surface area contributed by atoms with Crippen LogP contribution < -0.4 is 5.23 Å². The molecule has 3 radical (unpaired) electrons. The van der Waals surface area contributed by atoms with Crippen LogP contribution in [-0.2, 0) is 0 Å². The molecule has 0 fully saturated rings. The van der Waals surface area contributed by atoms with E-state index in [0.717, 1.165) is 0 Å². The van der Waals surface area contributed by atoms with Gasteiger partial charge < -0.3 is 13.2 Å². The second kappa shape index (κ2) is 2.27. The first-order valence-electron chi connectivity index (χ1n) is 1.73. The minimum Gasteiger partial charge on any atom is -0.591 e. The molecule has 0 heterocycles. The van der Waals surface area contributed by atoms with Gasteiger partial charge in [-0.25, -0.2) is 0 Å². The molecule has 0 atom stereocenters. The summed E-state index contributed by atoms with van der Waals surface area (Å²) >= 11 is 0. The summed E-state index contributed by atoms with van der Waals surface area (Å²) in [6.45, 7) is 3.97. The van der Waals surface area contributed by atoms with Crippen LogP contribution in [0.3, 0.4) is 0 Å². The van der Waals surface area contributed by atoms with Crippen molar-refractivity contribution in [3.05, 3.63) is 0 Å². The predicted molar refractivity (Wildman–Crippen MR) is 24.0 cm³/mol. The van der Waals surface area contributed by atoms with Crippen molar-refractivity contribution in [3.8, 4) is 0 Å². The maximum Gasteiger partial charge on any atom is -0.0416 e. The first-order valence-corrected chi connectivity index (χ1v) is 1.73. The monoisotopic (exact) mass is 69.1 g/mol. The molecule has 2 heteroatoms. The topological polar surface area (TPSA) is 12.0 Å². The van der Waals surface area contributed by atoms with Crippen LogP contribution in [0.5, 0.6) is 0 Å². The van der Waals surface area contributed by atoms with Crippen LogP contribution >= 0.6 is 0 Å². The van der Waals surface area contributed by atoms with E-state index >= 15 is 0 Å². The lowest BCUT2D eigenvalue weighted by Gasteiger charge is -2.12. The van der Waals surface area contributed by atoms with E-state index in [-0.39, 0.29) is 0 Å². The molecule has 0 aliphatic heterocycles. The average molecular weight is 68.9 g/mol. The zero-order chi connectivity index (χ0) is 4.28. The van der Waals surface area contributed by atoms with Gasteiger partial charge in [0.15, 0.2) is 0 Å². The van der Waals surface area contributed by atoms with Crippen LogP contribution in [0.4, 0.5) is 0 Å². The van der Waals surface area contributed by atoms with Gasteiger partial charge in [-0.3, -0.25) is 0 Å². The Morgan fingerprint density at radius 2 is 1.80 bits per heavy atom. The smallest absolute Gasteiger partial charge is 0.0416 e. The van der Waals surface area contributed by atoms with Gasteiger partial charge in [0.2, 0.25) is 0 Å². The molecule has 0 saturated carbocycles. The summed E-state index contributed by atoms with van der Waals surface area (Å²) in [6, 6.07) is 0.412. The number of hydrogen-bond acceptors (Lipinski definition) is 1. The molecule has 0 amide bonds. The fraction of sp³-hybridized carbons (Fsp3) is 1.00. The van der Waals surface area contributed by atoms with Crippen LogP contribution in [0, 0.1) is 0 Å². The van der Waals surface area contributed by atoms with Crippen molar-refractivity contribution >= 4 is 7.98 Å². The highest BCUT2D eigenvalue weighted by atomic mass is 14.8. The van der Waals surface area contributed by atoms with E-state index in [1.807, 2.05) is 13.8 Å². The number of rotatable bonds is 1. The molecule has 1 nitrogen and oxygen atoms in total. The lowest BCUT2D eigenvalue weighted by atomic mass is 10.3. The second-order valence-corrected chi connectivity index (χ2v) is 1.32. The van der Waals surface area contributed by atoms with Gasteiger partial charge >= 0.3 is 0 Å². The molecule has 0 aromatic carbocycles. The highest BCUT2D eigenvalue weighted by molar-refractivity contribution is 6.04. The quantitative estimate of drug-likeness (QED) is 0.429. The van der Waals surface area contributed by atoms with Gasteiger partial charge in [-0.15, -0.1) is 0 Å². The van der Waals surface area contributed by atoms with E-state index in [4.69, 9.17) is 7.98 Å². The van der Waals surface area contributed by atoms with Crippen molar-refractivity contribution in [3.63, 3.8) is 0 Å². The SMILES string of the molecule is [B-]NC(C)C. The van der Waals surface area contributed by atoms with E-state index in [2.05, 4.69) is 5.23 Å². The summed E-state index contributed by atoms with van der Waals surface area (Å²) in [4.78, 5) is 0. The van der Waals surface area contributed by atoms with E-state index in [1.165, 1.54) is 0 Å². The van der Waals surface area contributed by atoms with Crippen molar-refractivity contribution in [2.24, 2.45) is 0 Å². The molecule has 0 saturated heterocycles. The third-order valence-corrected chi connectivity index (χ3v) is 0.333. The Bertz CT molecular complexity index is 20.9. The molecule has 0 rings (SSSR count). The Hall–Kier alpha value is 0.0249. The van der Waals surface area contributed by atoms with Crippen molar-refractivity contribution in [2.75, 3.05) is 0 Å². The number of nitrogens with one attached hydrogen (secondary N) is 1. The van der Waals surface area contributed by atoms with Crippen LogP contribution in [0.2, 0.25) is 0 Å². The van der Waals surface area contributed by atoms with Gasteiger partial charge in [0.1, 0.15) is 0 Å². The molecule has 5 heavy (non-hydrogen) atoms.